The predicted octanol–water partition coefficient (Wildman–Crippen LogP) is 13.5. The lowest BCUT2D eigenvalue weighted by Gasteiger charge is -2.10. The van der Waals surface area contributed by atoms with Crippen molar-refractivity contribution >= 4 is 65.6 Å². The zero-order valence-electron chi connectivity index (χ0n) is 29.0. The fraction of sp³-hybridized carbons (Fsp3) is 0.106. The number of furan rings is 1. The minimum Gasteiger partial charge on any atom is -0.456 e. The highest BCUT2D eigenvalue weighted by molar-refractivity contribution is 6.26. The molecule has 0 atom stereocenters. The van der Waals surface area contributed by atoms with Crippen LogP contribution in [0, 0.1) is 13.8 Å². The Kier molecular flexibility index (Phi) is 8.18. The van der Waals surface area contributed by atoms with E-state index in [1.54, 1.807) is 0 Å². The van der Waals surface area contributed by atoms with Gasteiger partial charge in [-0.05, 0) is 74.5 Å². The highest BCUT2D eigenvalue weighted by Gasteiger charge is 2.21. The number of aromatic nitrogens is 2. The minimum atomic E-state index is 0.913. The Labute approximate surface area is 292 Å². The molecule has 0 aliphatic carbocycles. The van der Waals surface area contributed by atoms with Crippen LogP contribution in [0.1, 0.15) is 31.4 Å². The summed E-state index contributed by atoms with van der Waals surface area (Å²) in [7, 11) is 0. The van der Waals surface area contributed by atoms with Crippen molar-refractivity contribution in [3.8, 4) is 11.4 Å². The van der Waals surface area contributed by atoms with Crippen LogP contribution in [0.4, 0.5) is 0 Å². The first-order valence-corrected chi connectivity index (χ1v) is 17.5. The number of hydrogen-bond donors (Lipinski definition) is 0. The largest absolute Gasteiger partial charge is 0.456 e. The summed E-state index contributed by atoms with van der Waals surface area (Å²) in [5, 5.41) is 7.32. The van der Waals surface area contributed by atoms with Gasteiger partial charge in [-0.3, -0.25) is 0 Å². The topological polar surface area (TPSA) is 23.0 Å². The van der Waals surface area contributed by atoms with Gasteiger partial charge < -0.3 is 13.6 Å². The molecule has 0 spiro atoms. The zero-order valence-corrected chi connectivity index (χ0v) is 29.0. The van der Waals surface area contributed by atoms with Crippen LogP contribution in [0.2, 0.25) is 0 Å². The standard InChI is InChI=1S/C37H24N2O.C7H8.C3H8/c1-23-15-19-34-29(21-23)30-22-25(16-20-35(30)40-34)39-31-13-7-5-11-26(31)27-17-18-33-36(37(27)39)28-12-6-8-14-32(28)38(33)24-9-3-2-4-10-24;1-7-5-3-2-4-6-7;1-3-2/h2-22H,1H3;2-6H,1H3;3H2,1-2H3. The van der Waals surface area contributed by atoms with Gasteiger partial charge in [-0.1, -0.05) is 128 Å². The minimum absolute atomic E-state index is 0.913. The smallest absolute Gasteiger partial charge is 0.135 e. The second-order valence-electron chi connectivity index (χ2n) is 13.0. The molecular formula is C47H40N2O. The van der Waals surface area contributed by atoms with E-state index in [-0.39, 0.29) is 0 Å². The number of aryl methyl sites for hydroxylation is 2. The number of para-hydroxylation sites is 3. The Bertz CT molecular complexity index is 2760. The van der Waals surface area contributed by atoms with Crippen molar-refractivity contribution in [2.75, 3.05) is 0 Å². The lowest BCUT2D eigenvalue weighted by Crippen LogP contribution is -1.95. The van der Waals surface area contributed by atoms with Crippen molar-refractivity contribution in [1.29, 1.82) is 0 Å². The summed E-state index contributed by atoms with van der Waals surface area (Å²) < 4.78 is 11.1. The van der Waals surface area contributed by atoms with Gasteiger partial charge in [-0.25, -0.2) is 0 Å². The summed E-state index contributed by atoms with van der Waals surface area (Å²) in [5.41, 5.74) is 11.5. The molecule has 3 nitrogen and oxygen atoms in total. The van der Waals surface area contributed by atoms with Gasteiger partial charge in [-0.15, -0.1) is 0 Å². The molecule has 0 aliphatic heterocycles. The molecule has 0 unspecified atom stereocenters. The fourth-order valence-corrected chi connectivity index (χ4v) is 7.18. The summed E-state index contributed by atoms with van der Waals surface area (Å²) in [6, 6.07) is 56.0. The molecule has 0 aliphatic rings. The van der Waals surface area contributed by atoms with Gasteiger partial charge in [0.1, 0.15) is 11.2 Å². The van der Waals surface area contributed by atoms with Crippen LogP contribution in [0.15, 0.2) is 162 Å². The summed E-state index contributed by atoms with van der Waals surface area (Å²) in [6.45, 7) is 8.47. The second kappa shape index (κ2) is 13.1. The first-order chi connectivity index (χ1) is 24.6. The number of nitrogens with zero attached hydrogens (tertiary/aromatic N) is 2. The van der Waals surface area contributed by atoms with E-state index in [0.717, 1.165) is 33.3 Å². The molecule has 3 heteroatoms. The number of fused-ring (bicyclic) bond motifs is 10. The van der Waals surface area contributed by atoms with Gasteiger partial charge in [0, 0.05) is 43.7 Å². The van der Waals surface area contributed by atoms with Gasteiger partial charge in [0.25, 0.3) is 0 Å². The third-order valence-electron chi connectivity index (χ3n) is 9.29. The third kappa shape index (κ3) is 5.32. The quantitative estimate of drug-likeness (QED) is 0.183. The number of benzene rings is 7. The van der Waals surface area contributed by atoms with E-state index in [1.165, 1.54) is 61.2 Å². The average molecular weight is 649 g/mol. The van der Waals surface area contributed by atoms with E-state index in [2.05, 4.69) is 176 Å². The maximum absolute atomic E-state index is 6.22. The SMILES string of the molecule is CCC.Cc1ccc2oc3ccc(-n4c5ccccc5c5ccc6c(c7ccccc7n6-c6ccccc6)c54)cc3c2c1.Cc1ccccc1. The molecule has 244 valence electrons. The molecule has 50 heavy (non-hydrogen) atoms. The Morgan fingerprint density at radius 3 is 1.68 bits per heavy atom. The van der Waals surface area contributed by atoms with E-state index >= 15 is 0 Å². The first-order valence-electron chi connectivity index (χ1n) is 17.5. The summed E-state index contributed by atoms with van der Waals surface area (Å²) in [6.07, 6.45) is 1.25. The highest BCUT2D eigenvalue weighted by atomic mass is 16.3. The molecule has 10 aromatic rings. The second-order valence-corrected chi connectivity index (χ2v) is 13.0. The average Bonchev–Trinajstić information content (AvgIpc) is 3.80. The molecule has 3 aromatic heterocycles. The van der Waals surface area contributed by atoms with Gasteiger partial charge in [0.05, 0.1) is 22.1 Å². The molecule has 3 heterocycles. The van der Waals surface area contributed by atoms with Crippen LogP contribution in [-0.4, -0.2) is 9.13 Å². The van der Waals surface area contributed by atoms with Crippen LogP contribution >= 0.6 is 0 Å². The molecule has 0 saturated carbocycles. The molecular weight excluding hydrogens is 609 g/mol. The van der Waals surface area contributed by atoms with Crippen molar-refractivity contribution in [2.45, 2.75) is 34.1 Å². The predicted molar refractivity (Wildman–Crippen MR) is 214 cm³/mol. The van der Waals surface area contributed by atoms with Crippen LogP contribution in [0.3, 0.4) is 0 Å². The van der Waals surface area contributed by atoms with E-state index in [1.807, 2.05) is 18.2 Å². The lowest BCUT2D eigenvalue weighted by molar-refractivity contribution is 0.669. The number of hydrogen-bond acceptors (Lipinski definition) is 1. The van der Waals surface area contributed by atoms with Crippen molar-refractivity contribution in [2.24, 2.45) is 0 Å². The Morgan fingerprint density at radius 1 is 0.420 bits per heavy atom. The van der Waals surface area contributed by atoms with Gasteiger partial charge in [-0.2, -0.15) is 0 Å². The van der Waals surface area contributed by atoms with Crippen LogP contribution in [0.25, 0.3) is 76.9 Å². The van der Waals surface area contributed by atoms with Gasteiger partial charge >= 0.3 is 0 Å². The molecule has 10 rings (SSSR count). The van der Waals surface area contributed by atoms with E-state index < -0.39 is 0 Å². The van der Waals surface area contributed by atoms with E-state index in [4.69, 9.17) is 4.42 Å². The lowest BCUT2D eigenvalue weighted by atomic mass is 10.1. The molecule has 0 bridgehead atoms. The van der Waals surface area contributed by atoms with Crippen LogP contribution in [-0.2, 0) is 0 Å². The Hall–Kier alpha value is -6.06. The van der Waals surface area contributed by atoms with Crippen molar-refractivity contribution in [3.63, 3.8) is 0 Å². The third-order valence-corrected chi connectivity index (χ3v) is 9.29. The Morgan fingerprint density at radius 2 is 1.00 bits per heavy atom. The molecule has 0 N–H and O–H groups in total. The summed E-state index contributed by atoms with van der Waals surface area (Å²) in [5.74, 6) is 0. The van der Waals surface area contributed by atoms with Crippen molar-refractivity contribution in [3.05, 3.63) is 169 Å². The molecule has 0 amide bonds. The molecule has 0 radical (unpaired) electrons. The van der Waals surface area contributed by atoms with Crippen molar-refractivity contribution in [1.82, 2.24) is 9.13 Å². The Balaban J connectivity index is 0.000000317. The molecule has 0 saturated heterocycles. The number of rotatable bonds is 2. The van der Waals surface area contributed by atoms with Crippen LogP contribution < -0.4 is 0 Å². The molecule has 7 aromatic carbocycles. The maximum atomic E-state index is 6.22. The maximum Gasteiger partial charge on any atom is 0.135 e. The van der Waals surface area contributed by atoms with E-state index in [0.29, 0.717) is 0 Å². The summed E-state index contributed by atoms with van der Waals surface area (Å²) >= 11 is 0. The van der Waals surface area contributed by atoms with E-state index in [9.17, 15) is 0 Å². The first kappa shape index (κ1) is 31.2. The van der Waals surface area contributed by atoms with Crippen molar-refractivity contribution < 1.29 is 4.42 Å². The normalized spacial score (nSPS) is 11.3. The summed E-state index contributed by atoms with van der Waals surface area (Å²) in [4.78, 5) is 0. The molecule has 0 fully saturated rings. The zero-order chi connectivity index (χ0) is 34.2. The monoisotopic (exact) mass is 648 g/mol. The van der Waals surface area contributed by atoms with Crippen LogP contribution in [0.5, 0.6) is 0 Å². The van der Waals surface area contributed by atoms with Gasteiger partial charge in [0.15, 0.2) is 0 Å². The highest BCUT2D eigenvalue weighted by Crippen LogP contribution is 2.42. The van der Waals surface area contributed by atoms with Gasteiger partial charge in [0.2, 0.25) is 0 Å². The fourth-order valence-electron chi connectivity index (χ4n) is 7.18.